The summed E-state index contributed by atoms with van der Waals surface area (Å²) >= 11 is 0. The van der Waals surface area contributed by atoms with E-state index < -0.39 is 18.0 Å². The smallest absolute Gasteiger partial charge is 0.326 e. The quantitative estimate of drug-likeness (QED) is 0.646. The van der Waals surface area contributed by atoms with Crippen LogP contribution in [0.25, 0.3) is 0 Å². The van der Waals surface area contributed by atoms with E-state index in [-0.39, 0.29) is 0 Å². The van der Waals surface area contributed by atoms with Gasteiger partial charge >= 0.3 is 12.0 Å². The molecule has 0 aliphatic rings. The number of nitrogens with one attached hydrogen (secondary N) is 2. The van der Waals surface area contributed by atoms with Crippen LogP contribution in [0.4, 0.5) is 4.79 Å². The third-order valence-electron chi connectivity index (χ3n) is 2.73. The first-order valence-electron chi connectivity index (χ1n) is 5.65. The monoisotopic (exact) mass is 230 g/mol. The average molecular weight is 230 g/mol. The molecule has 94 valence electrons. The van der Waals surface area contributed by atoms with Crippen LogP contribution in [-0.4, -0.2) is 29.7 Å². The number of hydrogen-bond donors (Lipinski definition) is 3. The Balaban J connectivity index is 3.94. The second-order valence-corrected chi connectivity index (χ2v) is 4.37. The highest BCUT2D eigenvalue weighted by Crippen LogP contribution is 2.07. The van der Waals surface area contributed by atoms with E-state index in [4.69, 9.17) is 5.11 Å². The summed E-state index contributed by atoms with van der Waals surface area (Å²) in [6, 6.07) is -1.23. The number of urea groups is 1. The fraction of sp³-hybridized carbons (Fsp3) is 0.818. The molecule has 5 nitrogen and oxygen atoms in total. The molecule has 0 rings (SSSR count). The number of rotatable bonds is 6. The molecule has 1 unspecified atom stereocenters. The van der Waals surface area contributed by atoms with E-state index in [9.17, 15) is 9.59 Å². The van der Waals surface area contributed by atoms with E-state index >= 15 is 0 Å². The number of hydrogen-bond acceptors (Lipinski definition) is 2. The third kappa shape index (κ3) is 5.58. The molecule has 0 saturated heterocycles. The molecule has 2 atom stereocenters. The second kappa shape index (κ2) is 7.09. The lowest BCUT2D eigenvalue weighted by molar-refractivity contribution is -0.139. The summed E-state index contributed by atoms with van der Waals surface area (Å²) in [6.45, 7) is 8.47. The molecule has 16 heavy (non-hydrogen) atoms. The van der Waals surface area contributed by atoms with Gasteiger partial charge in [0.15, 0.2) is 0 Å². The SMILES string of the molecule is CC[C@H](NC(=O)NCC(C)C(C)C)C(=O)O. The molecule has 3 N–H and O–H groups in total. The lowest BCUT2D eigenvalue weighted by Gasteiger charge is -2.18. The van der Waals surface area contributed by atoms with Gasteiger partial charge in [-0.05, 0) is 18.3 Å². The topological polar surface area (TPSA) is 78.4 Å². The molecule has 0 aromatic carbocycles. The van der Waals surface area contributed by atoms with E-state index in [1.807, 2.05) is 6.92 Å². The largest absolute Gasteiger partial charge is 0.480 e. The Bertz CT molecular complexity index is 241. The van der Waals surface area contributed by atoms with Gasteiger partial charge in [-0.3, -0.25) is 0 Å². The zero-order valence-corrected chi connectivity index (χ0v) is 10.4. The number of aliphatic carboxylic acids is 1. The summed E-state index contributed by atoms with van der Waals surface area (Å²) in [5.41, 5.74) is 0. The minimum Gasteiger partial charge on any atom is -0.480 e. The van der Waals surface area contributed by atoms with Gasteiger partial charge in [-0.2, -0.15) is 0 Å². The first kappa shape index (κ1) is 14.7. The Labute approximate surface area is 96.6 Å². The van der Waals surface area contributed by atoms with Gasteiger partial charge in [0.05, 0.1) is 0 Å². The van der Waals surface area contributed by atoms with Gasteiger partial charge < -0.3 is 15.7 Å². The van der Waals surface area contributed by atoms with Gasteiger partial charge in [0.2, 0.25) is 0 Å². The molecule has 0 spiro atoms. The van der Waals surface area contributed by atoms with Gasteiger partial charge in [-0.15, -0.1) is 0 Å². The minimum absolute atomic E-state index is 0.371. The Morgan fingerprint density at radius 1 is 1.25 bits per heavy atom. The lowest BCUT2D eigenvalue weighted by atomic mass is 9.98. The Hall–Kier alpha value is -1.26. The number of carbonyl (C=O) groups is 2. The fourth-order valence-electron chi connectivity index (χ4n) is 1.04. The molecule has 0 heterocycles. The second-order valence-electron chi connectivity index (χ2n) is 4.37. The molecule has 0 saturated carbocycles. The number of carboxylic acids is 1. The molecule has 0 radical (unpaired) electrons. The summed E-state index contributed by atoms with van der Waals surface area (Å²) in [6.07, 6.45) is 0.377. The van der Waals surface area contributed by atoms with Gasteiger partial charge in [0.1, 0.15) is 6.04 Å². The number of carbonyl (C=O) groups excluding carboxylic acids is 1. The first-order chi connectivity index (χ1) is 7.38. The molecule has 0 aliphatic heterocycles. The Morgan fingerprint density at radius 3 is 2.19 bits per heavy atom. The highest BCUT2D eigenvalue weighted by atomic mass is 16.4. The van der Waals surface area contributed by atoms with Gasteiger partial charge in [-0.25, -0.2) is 9.59 Å². The molecule has 0 fully saturated rings. The highest BCUT2D eigenvalue weighted by Gasteiger charge is 2.17. The van der Waals surface area contributed by atoms with Crippen molar-refractivity contribution in [3.8, 4) is 0 Å². The van der Waals surface area contributed by atoms with E-state index in [2.05, 4.69) is 24.5 Å². The highest BCUT2D eigenvalue weighted by molar-refractivity contribution is 5.82. The average Bonchev–Trinajstić information content (AvgIpc) is 2.21. The van der Waals surface area contributed by atoms with Crippen LogP contribution < -0.4 is 10.6 Å². The summed E-state index contributed by atoms with van der Waals surface area (Å²) in [4.78, 5) is 22.0. The predicted octanol–water partition coefficient (Wildman–Crippen LogP) is 1.44. The summed E-state index contributed by atoms with van der Waals surface area (Å²) in [5, 5.41) is 13.8. The maximum atomic E-state index is 11.4. The minimum atomic E-state index is -1.01. The summed E-state index contributed by atoms with van der Waals surface area (Å²) in [7, 11) is 0. The normalized spacial score (nSPS) is 14.3. The van der Waals surface area contributed by atoms with E-state index in [1.165, 1.54) is 0 Å². The van der Waals surface area contributed by atoms with Crippen molar-refractivity contribution in [1.29, 1.82) is 0 Å². The summed E-state index contributed by atoms with van der Waals surface area (Å²) < 4.78 is 0. The van der Waals surface area contributed by atoms with Crippen molar-refractivity contribution in [2.75, 3.05) is 6.54 Å². The zero-order chi connectivity index (χ0) is 12.7. The van der Waals surface area contributed by atoms with Crippen LogP contribution in [0.5, 0.6) is 0 Å². The van der Waals surface area contributed by atoms with Crippen LogP contribution in [0.3, 0.4) is 0 Å². The molecule has 5 heteroatoms. The van der Waals surface area contributed by atoms with Crippen LogP contribution >= 0.6 is 0 Å². The molecule has 0 aromatic heterocycles. The molecule has 0 aliphatic carbocycles. The molecule has 0 bridgehead atoms. The van der Waals surface area contributed by atoms with E-state index in [0.717, 1.165) is 0 Å². The van der Waals surface area contributed by atoms with Crippen LogP contribution in [0.1, 0.15) is 34.1 Å². The van der Waals surface area contributed by atoms with Gasteiger partial charge in [0, 0.05) is 6.54 Å². The Morgan fingerprint density at radius 2 is 1.81 bits per heavy atom. The van der Waals surface area contributed by atoms with Crippen molar-refractivity contribution in [3.05, 3.63) is 0 Å². The van der Waals surface area contributed by atoms with Gasteiger partial charge in [0.25, 0.3) is 0 Å². The van der Waals surface area contributed by atoms with Crippen molar-refractivity contribution < 1.29 is 14.7 Å². The summed E-state index contributed by atoms with van der Waals surface area (Å²) in [5.74, 6) is -0.146. The lowest BCUT2D eigenvalue weighted by Crippen LogP contribution is -2.46. The molecule has 2 amide bonds. The van der Waals surface area contributed by atoms with Crippen molar-refractivity contribution in [1.82, 2.24) is 10.6 Å². The molecule has 0 aromatic rings. The fourth-order valence-corrected chi connectivity index (χ4v) is 1.04. The van der Waals surface area contributed by atoms with E-state index in [1.54, 1.807) is 6.92 Å². The number of carboxylic acid groups (broad SMARTS) is 1. The number of amides is 2. The zero-order valence-electron chi connectivity index (χ0n) is 10.4. The van der Waals surface area contributed by atoms with Gasteiger partial charge in [-0.1, -0.05) is 27.7 Å². The standard InChI is InChI=1S/C11H22N2O3/c1-5-9(10(14)15)13-11(16)12-6-8(4)7(2)3/h7-9H,5-6H2,1-4H3,(H,14,15)(H2,12,13,16)/t8?,9-/m0/s1. The first-order valence-corrected chi connectivity index (χ1v) is 5.65. The van der Waals surface area contributed by atoms with Crippen LogP contribution in [-0.2, 0) is 4.79 Å². The maximum absolute atomic E-state index is 11.4. The van der Waals surface area contributed by atoms with Crippen LogP contribution in [0.2, 0.25) is 0 Å². The third-order valence-corrected chi connectivity index (χ3v) is 2.73. The van der Waals surface area contributed by atoms with Crippen molar-refractivity contribution in [3.63, 3.8) is 0 Å². The predicted molar refractivity (Wildman–Crippen MR) is 62.3 cm³/mol. The van der Waals surface area contributed by atoms with Crippen LogP contribution in [0.15, 0.2) is 0 Å². The maximum Gasteiger partial charge on any atom is 0.326 e. The molecular formula is C11H22N2O3. The van der Waals surface area contributed by atoms with Crippen LogP contribution in [0, 0.1) is 11.8 Å². The van der Waals surface area contributed by atoms with Crippen molar-refractivity contribution >= 4 is 12.0 Å². The van der Waals surface area contributed by atoms with E-state index in [0.29, 0.717) is 24.8 Å². The van der Waals surface area contributed by atoms with Crippen molar-refractivity contribution in [2.24, 2.45) is 11.8 Å². The molecular weight excluding hydrogens is 208 g/mol. The Kier molecular flexibility index (Phi) is 6.53. The van der Waals surface area contributed by atoms with Crippen molar-refractivity contribution in [2.45, 2.75) is 40.2 Å².